The Morgan fingerprint density at radius 2 is 1.85 bits per heavy atom. The molecule has 1 heterocycles. The number of nitrogens with one attached hydrogen (secondary N) is 1. The first kappa shape index (κ1) is 19.4. The first-order chi connectivity index (χ1) is 12.5. The molecule has 0 aliphatic heterocycles. The monoisotopic (exact) mass is 360 g/mol. The number of hydrogen-bond acceptors (Lipinski definition) is 7. The molecular formula is C18H20N2O6. The summed E-state index contributed by atoms with van der Waals surface area (Å²) in [5.41, 5.74) is 0.915. The Labute approximate surface area is 150 Å². The van der Waals surface area contributed by atoms with E-state index in [-0.39, 0.29) is 24.5 Å². The van der Waals surface area contributed by atoms with E-state index in [0.717, 1.165) is 5.56 Å². The zero-order valence-electron chi connectivity index (χ0n) is 14.2. The SMILES string of the molecule is COC(=O)c1cccc(C(O)C(O)CNC(=O)OCc2ccccc2)n1. The van der Waals surface area contributed by atoms with Gasteiger partial charge in [-0.25, -0.2) is 14.6 Å². The number of esters is 1. The Kier molecular flexibility index (Phi) is 7.07. The molecular weight excluding hydrogens is 340 g/mol. The molecule has 3 N–H and O–H groups in total. The molecule has 0 spiro atoms. The second kappa shape index (κ2) is 9.50. The van der Waals surface area contributed by atoms with E-state index in [4.69, 9.17) is 4.74 Å². The van der Waals surface area contributed by atoms with Gasteiger partial charge in [0.2, 0.25) is 0 Å². The standard InChI is InChI=1S/C18H20N2O6/c1-25-17(23)14-9-5-8-13(20-14)16(22)15(21)10-19-18(24)26-11-12-6-3-2-4-7-12/h2-9,15-16,21-22H,10-11H2,1H3,(H,19,24). The molecule has 0 saturated carbocycles. The normalized spacial score (nSPS) is 12.7. The number of pyridine rings is 1. The van der Waals surface area contributed by atoms with Gasteiger partial charge in [-0.1, -0.05) is 36.4 Å². The Hall–Kier alpha value is -2.97. The molecule has 1 aromatic heterocycles. The lowest BCUT2D eigenvalue weighted by Crippen LogP contribution is -2.36. The molecule has 0 aliphatic carbocycles. The van der Waals surface area contributed by atoms with Gasteiger partial charge in [0.25, 0.3) is 0 Å². The van der Waals surface area contributed by atoms with Gasteiger partial charge in [0.1, 0.15) is 24.5 Å². The van der Waals surface area contributed by atoms with Crippen LogP contribution >= 0.6 is 0 Å². The fourth-order valence-electron chi connectivity index (χ4n) is 2.11. The zero-order chi connectivity index (χ0) is 18.9. The number of carbonyl (C=O) groups is 2. The Bertz CT molecular complexity index is 737. The molecule has 8 heteroatoms. The van der Waals surface area contributed by atoms with E-state index in [1.807, 2.05) is 30.3 Å². The molecule has 26 heavy (non-hydrogen) atoms. The number of benzene rings is 1. The smallest absolute Gasteiger partial charge is 0.407 e. The maximum absolute atomic E-state index is 11.7. The van der Waals surface area contributed by atoms with Crippen molar-refractivity contribution in [3.63, 3.8) is 0 Å². The minimum absolute atomic E-state index is 0.00600. The Morgan fingerprint density at radius 3 is 2.54 bits per heavy atom. The molecule has 0 saturated heterocycles. The van der Waals surface area contributed by atoms with Crippen LogP contribution < -0.4 is 5.32 Å². The van der Waals surface area contributed by atoms with Crippen molar-refractivity contribution in [2.45, 2.75) is 18.8 Å². The van der Waals surface area contributed by atoms with Crippen molar-refractivity contribution < 1.29 is 29.3 Å². The maximum Gasteiger partial charge on any atom is 0.407 e. The van der Waals surface area contributed by atoms with Gasteiger partial charge >= 0.3 is 12.1 Å². The van der Waals surface area contributed by atoms with Crippen molar-refractivity contribution >= 4 is 12.1 Å². The van der Waals surface area contributed by atoms with Crippen molar-refractivity contribution in [1.29, 1.82) is 0 Å². The van der Waals surface area contributed by atoms with E-state index in [1.165, 1.54) is 25.3 Å². The number of methoxy groups -OCH3 is 1. The average Bonchev–Trinajstić information content (AvgIpc) is 2.70. The van der Waals surface area contributed by atoms with E-state index in [1.54, 1.807) is 0 Å². The molecule has 2 atom stereocenters. The van der Waals surface area contributed by atoms with Crippen molar-refractivity contribution in [2.24, 2.45) is 0 Å². The zero-order valence-corrected chi connectivity index (χ0v) is 14.2. The third kappa shape index (κ3) is 5.54. The van der Waals surface area contributed by atoms with Crippen molar-refractivity contribution in [1.82, 2.24) is 10.3 Å². The Balaban J connectivity index is 1.84. The number of aliphatic hydroxyl groups excluding tert-OH is 2. The van der Waals surface area contributed by atoms with Crippen LogP contribution in [0.1, 0.15) is 27.8 Å². The first-order valence-corrected chi connectivity index (χ1v) is 7.87. The third-order valence-corrected chi connectivity index (χ3v) is 3.50. The van der Waals surface area contributed by atoms with Crippen molar-refractivity contribution in [3.8, 4) is 0 Å². The average molecular weight is 360 g/mol. The minimum Gasteiger partial charge on any atom is -0.464 e. The predicted octanol–water partition coefficient (Wildman–Crippen LogP) is 1.19. The fraction of sp³-hybridized carbons (Fsp3) is 0.278. The van der Waals surface area contributed by atoms with Crippen LogP contribution in [0.15, 0.2) is 48.5 Å². The summed E-state index contributed by atoms with van der Waals surface area (Å²) < 4.78 is 9.56. The highest BCUT2D eigenvalue weighted by atomic mass is 16.5. The molecule has 0 aliphatic rings. The highest BCUT2D eigenvalue weighted by Crippen LogP contribution is 2.15. The van der Waals surface area contributed by atoms with Gasteiger partial charge in [-0.2, -0.15) is 0 Å². The summed E-state index contributed by atoms with van der Waals surface area (Å²) in [6.07, 6.45) is -3.45. The molecule has 138 valence electrons. The highest BCUT2D eigenvalue weighted by Gasteiger charge is 2.22. The summed E-state index contributed by atoms with van der Waals surface area (Å²) in [6.45, 7) is -0.160. The molecule has 2 unspecified atom stereocenters. The van der Waals surface area contributed by atoms with Crippen LogP contribution in [0.2, 0.25) is 0 Å². The number of rotatable bonds is 7. The molecule has 2 rings (SSSR count). The topological polar surface area (TPSA) is 118 Å². The van der Waals surface area contributed by atoms with Crippen molar-refractivity contribution in [2.75, 3.05) is 13.7 Å². The quantitative estimate of drug-likeness (QED) is 0.635. The van der Waals surface area contributed by atoms with E-state index >= 15 is 0 Å². The van der Waals surface area contributed by atoms with Gasteiger partial charge < -0.3 is 25.0 Å². The second-order valence-electron chi connectivity index (χ2n) is 5.39. The molecule has 0 bridgehead atoms. The Morgan fingerprint density at radius 1 is 1.12 bits per heavy atom. The molecule has 0 radical (unpaired) electrons. The number of ether oxygens (including phenoxy) is 2. The molecule has 1 aromatic carbocycles. The van der Waals surface area contributed by atoms with Gasteiger partial charge in [0.15, 0.2) is 0 Å². The number of alkyl carbamates (subject to hydrolysis) is 1. The summed E-state index contributed by atoms with van der Waals surface area (Å²) >= 11 is 0. The van der Waals surface area contributed by atoms with E-state index < -0.39 is 24.3 Å². The van der Waals surface area contributed by atoms with E-state index in [9.17, 15) is 19.8 Å². The highest BCUT2D eigenvalue weighted by molar-refractivity contribution is 5.87. The number of aromatic nitrogens is 1. The number of carbonyl (C=O) groups excluding carboxylic acids is 2. The van der Waals surface area contributed by atoms with Gasteiger partial charge in [0.05, 0.1) is 12.8 Å². The largest absolute Gasteiger partial charge is 0.464 e. The lowest BCUT2D eigenvalue weighted by atomic mass is 10.1. The van der Waals surface area contributed by atoms with Crippen LogP contribution in [0, 0.1) is 0 Å². The molecule has 8 nitrogen and oxygen atoms in total. The number of amides is 1. The van der Waals surface area contributed by atoms with Gasteiger partial charge in [-0.15, -0.1) is 0 Å². The van der Waals surface area contributed by atoms with E-state index in [2.05, 4.69) is 15.0 Å². The van der Waals surface area contributed by atoms with Gasteiger partial charge in [-0.3, -0.25) is 0 Å². The van der Waals surface area contributed by atoms with Gasteiger partial charge in [-0.05, 0) is 17.7 Å². The van der Waals surface area contributed by atoms with Crippen LogP contribution in [0.4, 0.5) is 4.79 Å². The van der Waals surface area contributed by atoms with Crippen LogP contribution in [-0.2, 0) is 16.1 Å². The lowest BCUT2D eigenvalue weighted by Gasteiger charge is -2.18. The van der Waals surface area contributed by atoms with E-state index in [0.29, 0.717) is 0 Å². The summed E-state index contributed by atoms with van der Waals surface area (Å²) in [5.74, 6) is -0.656. The summed E-state index contributed by atoms with van der Waals surface area (Å²) in [4.78, 5) is 27.1. The molecule has 1 amide bonds. The fourth-order valence-corrected chi connectivity index (χ4v) is 2.11. The van der Waals surface area contributed by atoms with Crippen LogP contribution in [-0.4, -0.2) is 47.0 Å². The third-order valence-electron chi connectivity index (χ3n) is 3.50. The minimum atomic E-state index is -1.39. The summed E-state index contributed by atoms with van der Waals surface area (Å²) in [5, 5.41) is 22.5. The van der Waals surface area contributed by atoms with Crippen LogP contribution in [0.5, 0.6) is 0 Å². The van der Waals surface area contributed by atoms with Gasteiger partial charge in [0, 0.05) is 6.54 Å². The predicted molar refractivity (Wildman–Crippen MR) is 91.2 cm³/mol. The number of nitrogens with zero attached hydrogens (tertiary/aromatic N) is 1. The molecule has 2 aromatic rings. The maximum atomic E-state index is 11.7. The lowest BCUT2D eigenvalue weighted by molar-refractivity contribution is 0.0157. The number of hydrogen-bond donors (Lipinski definition) is 3. The summed E-state index contributed by atoms with van der Waals surface area (Å²) in [6, 6.07) is 13.5. The van der Waals surface area contributed by atoms with Crippen LogP contribution in [0.3, 0.4) is 0 Å². The van der Waals surface area contributed by atoms with Crippen LogP contribution in [0.25, 0.3) is 0 Å². The summed E-state index contributed by atoms with van der Waals surface area (Å²) in [7, 11) is 1.22. The molecule has 0 fully saturated rings. The van der Waals surface area contributed by atoms with Crippen molar-refractivity contribution in [3.05, 3.63) is 65.5 Å². The first-order valence-electron chi connectivity index (χ1n) is 7.87. The second-order valence-corrected chi connectivity index (χ2v) is 5.39. The number of aliphatic hydroxyl groups is 2.